The zero-order chi connectivity index (χ0) is 23.9. The van der Waals surface area contributed by atoms with Crippen molar-refractivity contribution >= 4 is 29.8 Å². The van der Waals surface area contributed by atoms with Crippen molar-refractivity contribution in [3.63, 3.8) is 0 Å². The highest BCUT2D eigenvalue weighted by atomic mass is 16.4. The van der Waals surface area contributed by atoms with Crippen molar-refractivity contribution in [2.24, 2.45) is 17.2 Å². The first kappa shape index (κ1) is 28.6. The van der Waals surface area contributed by atoms with Crippen LogP contribution in [0.25, 0.3) is 0 Å². The molecule has 1 heterocycles. The predicted molar refractivity (Wildman–Crippen MR) is 98.2 cm³/mol. The molecule has 0 saturated carbocycles. The van der Waals surface area contributed by atoms with Crippen molar-refractivity contribution < 1.29 is 49.5 Å². The standard InChI is InChI=1S/C6H9N3O2.C5H9NO4.C4H7NO4/c7-5(6(10)11)1-4-2-8-3-9-4;6-3(5(9)10)1-2-4(7)8;5-2(4(8)9)1-3(6)7/h2-3,5H,1,7H2,(H,8,9)(H,10,11);3H,1-2,6H2,(H,7,8)(H,9,10);2H,1,5H2,(H,6,7)(H,8,9)/t5-;3-;2-/m000/s1. The molecule has 0 saturated heterocycles. The molecule has 30 heavy (non-hydrogen) atoms. The summed E-state index contributed by atoms with van der Waals surface area (Å²) in [5.74, 6) is -5.70. The molecule has 0 bridgehead atoms. The highest BCUT2D eigenvalue weighted by Gasteiger charge is 2.14. The number of rotatable bonds is 10. The number of aromatic amines is 1. The molecule has 15 heteroatoms. The number of carboxylic acids is 5. The summed E-state index contributed by atoms with van der Waals surface area (Å²) >= 11 is 0. The molecule has 0 aliphatic heterocycles. The van der Waals surface area contributed by atoms with Gasteiger partial charge in [0.25, 0.3) is 0 Å². The van der Waals surface area contributed by atoms with Crippen LogP contribution in [0.5, 0.6) is 0 Å². The number of nitrogens with two attached hydrogens (primary N) is 3. The number of nitrogens with zero attached hydrogens (tertiary/aromatic N) is 1. The van der Waals surface area contributed by atoms with Gasteiger partial charge >= 0.3 is 29.8 Å². The Morgan fingerprint density at radius 3 is 1.63 bits per heavy atom. The van der Waals surface area contributed by atoms with Crippen LogP contribution in [0, 0.1) is 0 Å². The van der Waals surface area contributed by atoms with E-state index in [1.807, 2.05) is 0 Å². The predicted octanol–water partition coefficient (Wildman–Crippen LogP) is -2.50. The molecule has 1 rings (SSSR count). The van der Waals surface area contributed by atoms with Gasteiger partial charge in [0.1, 0.15) is 18.1 Å². The molecule has 0 unspecified atom stereocenters. The molecule has 1 aromatic heterocycles. The summed E-state index contributed by atoms with van der Waals surface area (Å²) < 4.78 is 0. The summed E-state index contributed by atoms with van der Waals surface area (Å²) in [5, 5.41) is 40.7. The van der Waals surface area contributed by atoms with E-state index in [2.05, 4.69) is 9.97 Å². The highest BCUT2D eigenvalue weighted by molar-refractivity contribution is 5.80. The monoisotopic (exact) mass is 435 g/mol. The highest BCUT2D eigenvalue weighted by Crippen LogP contribution is 1.95. The van der Waals surface area contributed by atoms with Gasteiger partial charge in [0, 0.05) is 19.0 Å². The number of carboxylic acid groups (broad SMARTS) is 5. The number of aromatic nitrogens is 2. The number of nitrogens with one attached hydrogen (secondary N) is 1. The molecule has 0 aliphatic rings. The van der Waals surface area contributed by atoms with Crippen LogP contribution >= 0.6 is 0 Å². The number of aliphatic carboxylic acids is 5. The third-order valence-electron chi connectivity index (χ3n) is 3.00. The summed E-state index contributed by atoms with van der Waals surface area (Å²) in [6.45, 7) is 0. The van der Waals surface area contributed by atoms with Gasteiger partial charge in [-0.05, 0) is 6.42 Å². The Hall–Kier alpha value is -3.56. The molecular weight excluding hydrogens is 410 g/mol. The maximum atomic E-state index is 10.3. The van der Waals surface area contributed by atoms with E-state index in [4.69, 9.17) is 42.7 Å². The Labute approximate surface area is 169 Å². The van der Waals surface area contributed by atoms with Gasteiger partial charge in [-0.2, -0.15) is 0 Å². The topological polar surface area (TPSA) is 293 Å². The van der Waals surface area contributed by atoms with Crippen molar-refractivity contribution in [3.8, 4) is 0 Å². The molecular formula is C15H25N5O10. The molecule has 0 aliphatic carbocycles. The van der Waals surface area contributed by atoms with Crippen molar-refractivity contribution in [1.29, 1.82) is 0 Å². The zero-order valence-corrected chi connectivity index (χ0v) is 15.7. The first-order valence-corrected chi connectivity index (χ1v) is 8.14. The van der Waals surface area contributed by atoms with Crippen LogP contribution in [0.3, 0.4) is 0 Å². The molecule has 0 fully saturated rings. The van der Waals surface area contributed by atoms with Gasteiger partial charge < -0.3 is 47.7 Å². The van der Waals surface area contributed by atoms with E-state index in [0.717, 1.165) is 0 Å². The minimum absolute atomic E-state index is 0.0231. The van der Waals surface area contributed by atoms with Gasteiger partial charge in [-0.1, -0.05) is 0 Å². The number of carbonyl (C=O) groups is 5. The lowest BCUT2D eigenvalue weighted by Crippen LogP contribution is -2.32. The normalized spacial score (nSPS) is 12.6. The number of H-pyrrole nitrogens is 1. The summed E-state index contributed by atoms with van der Waals surface area (Å²) in [6.07, 6.45) is 2.62. The van der Waals surface area contributed by atoms with E-state index in [1.165, 1.54) is 6.33 Å². The van der Waals surface area contributed by atoms with E-state index in [-0.39, 0.29) is 19.3 Å². The van der Waals surface area contributed by atoms with E-state index >= 15 is 0 Å². The fraction of sp³-hybridized carbons (Fsp3) is 0.467. The molecule has 15 nitrogen and oxygen atoms in total. The van der Waals surface area contributed by atoms with E-state index in [1.54, 1.807) is 6.20 Å². The Morgan fingerprint density at radius 2 is 1.33 bits per heavy atom. The molecule has 12 N–H and O–H groups in total. The Kier molecular flexibility index (Phi) is 14.7. The van der Waals surface area contributed by atoms with Gasteiger partial charge in [-0.25, -0.2) is 4.98 Å². The summed E-state index contributed by atoms with van der Waals surface area (Å²) in [6, 6.07) is -3.21. The molecule has 0 spiro atoms. The van der Waals surface area contributed by atoms with Crippen LogP contribution in [0.2, 0.25) is 0 Å². The Bertz CT molecular complexity index is 694. The molecule has 0 aromatic carbocycles. The third-order valence-corrected chi connectivity index (χ3v) is 3.00. The molecule has 0 radical (unpaired) electrons. The van der Waals surface area contributed by atoms with Gasteiger partial charge in [0.05, 0.1) is 18.4 Å². The zero-order valence-electron chi connectivity index (χ0n) is 15.7. The van der Waals surface area contributed by atoms with Crippen molar-refractivity contribution in [1.82, 2.24) is 9.97 Å². The fourth-order valence-corrected chi connectivity index (χ4v) is 1.39. The van der Waals surface area contributed by atoms with Crippen molar-refractivity contribution in [3.05, 3.63) is 18.2 Å². The summed E-state index contributed by atoms with van der Waals surface area (Å²) in [4.78, 5) is 56.3. The third kappa shape index (κ3) is 16.6. The maximum Gasteiger partial charge on any atom is 0.321 e. The van der Waals surface area contributed by atoms with Crippen LogP contribution in [0.15, 0.2) is 12.5 Å². The quantitative estimate of drug-likeness (QED) is 0.183. The van der Waals surface area contributed by atoms with Crippen LogP contribution in [-0.2, 0) is 30.4 Å². The van der Waals surface area contributed by atoms with Crippen LogP contribution in [-0.4, -0.2) is 83.5 Å². The fourth-order valence-electron chi connectivity index (χ4n) is 1.39. The first-order chi connectivity index (χ1) is 13.8. The van der Waals surface area contributed by atoms with Gasteiger partial charge in [0.2, 0.25) is 0 Å². The van der Waals surface area contributed by atoms with Crippen molar-refractivity contribution in [2.45, 2.75) is 43.8 Å². The second-order valence-electron chi connectivity index (χ2n) is 5.63. The van der Waals surface area contributed by atoms with E-state index in [9.17, 15) is 24.0 Å². The van der Waals surface area contributed by atoms with Gasteiger partial charge in [-0.3, -0.25) is 24.0 Å². The number of imidazole rings is 1. The Morgan fingerprint density at radius 1 is 0.833 bits per heavy atom. The first-order valence-electron chi connectivity index (χ1n) is 8.14. The van der Waals surface area contributed by atoms with Crippen LogP contribution in [0.4, 0.5) is 0 Å². The van der Waals surface area contributed by atoms with Gasteiger partial charge in [0.15, 0.2) is 0 Å². The minimum atomic E-state index is -1.29. The van der Waals surface area contributed by atoms with E-state index in [0.29, 0.717) is 5.69 Å². The average Bonchev–Trinajstić information content (AvgIpc) is 3.12. The second-order valence-corrected chi connectivity index (χ2v) is 5.63. The van der Waals surface area contributed by atoms with E-state index < -0.39 is 54.4 Å². The molecule has 0 amide bonds. The number of hydrogen-bond donors (Lipinski definition) is 9. The molecule has 1 aromatic rings. The lowest BCUT2D eigenvalue weighted by Gasteiger charge is -2.01. The van der Waals surface area contributed by atoms with Crippen molar-refractivity contribution in [2.75, 3.05) is 0 Å². The largest absolute Gasteiger partial charge is 0.481 e. The average molecular weight is 435 g/mol. The second kappa shape index (κ2) is 15.4. The lowest BCUT2D eigenvalue weighted by molar-refractivity contribution is -0.144. The summed E-state index contributed by atoms with van der Waals surface area (Å²) in [5.41, 5.74) is 15.8. The minimum Gasteiger partial charge on any atom is -0.481 e. The van der Waals surface area contributed by atoms with Crippen LogP contribution in [0.1, 0.15) is 25.0 Å². The SMILES string of the molecule is N[C@@H](CC(=O)O)C(=O)O.N[C@@H](CCC(=O)O)C(=O)O.N[C@@H](Cc1c[nH]cn1)C(=O)O. The lowest BCUT2D eigenvalue weighted by atomic mass is 10.2. The maximum absolute atomic E-state index is 10.3. The molecule has 3 atom stereocenters. The van der Waals surface area contributed by atoms with Crippen LogP contribution < -0.4 is 17.2 Å². The van der Waals surface area contributed by atoms with Gasteiger partial charge in [-0.15, -0.1) is 0 Å². The Balaban J connectivity index is 0. The smallest absolute Gasteiger partial charge is 0.321 e. The molecule has 170 valence electrons. The number of hydrogen-bond acceptors (Lipinski definition) is 9. The summed E-state index contributed by atoms with van der Waals surface area (Å²) in [7, 11) is 0.